The molecule has 0 aromatic heterocycles. The van der Waals surface area contributed by atoms with Gasteiger partial charge in [0.15, 0.2) is 6.29 Å². The van der Waals surface area contributed by atoms with Crippen molar-refractivity contribution in [2.45, 2.75) is 37.0 Å². The second kappa shape index (κ2) is 7.84. The van der Waals surface area contributed by atoms with Crippen molar-refractivity contribution in [3.05, 3.63) is 60.2 Å². The Balaban J connectivity index is 1.43. The molecule has 0 radical (unpaired) electrons. The summed E-state index contributed by atoms with van der Waals surface area (Å²) in [5.41, 5.74) is 0.842. The van der Waals surface area contributed by atoms with Crippen molar-refractivity contribution in [3.8, 4) is 11.5 Å². The molecule has 2 saturated heterocycles. The molecule has 6 atom stereocenters. The molecule has 144 valence electrons. The summed E-state index contributed by atoms with van der Waals surface area (Å²) in [5, 5.41) is 21.0. The zero-order chi connectivity index (χ0) is 18.8. The Morgan fingerprint density at radius 2 is 1.59 bits per heavy atom. The number of rotatable bonds is 4. The van der Waals surface area contributed by atoms with Crippen molar-refractivity contribution in [3.63, 3.8) is 0 Å². The van der Waals surface area contributed by atoms with Crippen LogP contribution in [0.2, 0.25) is 0 Å². The van der Waals surface area contributed by atoms with Crippen LogP contribution in [0.15, 0.2) is 54.6 Å². The summed E-state index contributed by atoms with van der Waals surface area (Å²) >= 11 is 0. The highest BCUT2D eigenvalue weighted by atomic mass is 16.8. The molecule has 27 heavy (non-hydrogen) atoms. The van der Waals surface area contributed by atoms with E-state index in [4.69, 9.17) is 23.7 Å². The van der Waals surface area contributed by atoms with Crippen LogP contribution in [0, 0.1) is 0 Å². The average Bonchev–Trinajstić information content (AvgIpc) is 2.73. The number of fused-ring (bicyclic) bond motifs is 1. The fraction of sp³-hybridized carbons (Fsp3) is 0.400. The Hall–Kier alpha value is -2.16. The molecule has 2 aromatic rings. The molecule has 4 unspecified atom stereocenters. The van der Waals surface area contributed by atoms with Gasteiger partial charge in [0, 0.05) is 5.56 Å². The first-order valence-electron chi connectivity index (χ1n) is 8.80. The molecule has 0 saturated carbocycles. The predicted molar refractivity (Wildman–Crippen MR) is 94.3 cm³/mol. The van der Waals surface area contributed by atoms with E-state index in [-0.39, 0.29) is 6.61 Å². The molecular formula is C20H22O7. The van der Waals surface area contributed by atoms with E-state index in [9.17, 15) is 10.2 Å². The smallest absolute Gasteiger partial charge is 0.229 e. The van der Waals surface area contributed by atoms with Crippen molar-refractivity contribution < 1.29 is 33.9 Å². The van der Waals surface area contributed by atoms with E-state index in [1.807, 2.05) is 30.3 Å². The van der Waals surface area contributed by atoms with Crippen LogP contribution in [-0.2, 0) is 14.2 Å². The van der Waals surface area contributed by atoms with Crippen molar-refractivity contribution in [1.82, 2.24) is 0 Å². The fourth-order valence-corrected chi connectivity index (χ4v) is 3.24. The zero-order valence-electron chi connectivity index (χ0n) is 14.8. The molecule has 0 spiro atoms. The molecule has 2 aliphatic rings. The third-order valence-electron chi connectivity index (χ3n) is 4.72. The number of aliphatic hydroxyl groups is 2. The minimum absolute atomic E-state index is 0.219. The second-order valence-electron chi connectivity index (χ2n) is 6.49. The van der Waals surface area contributed by atoms with E-state index in [0.29, 0.717) is 11.5 Å². The lowest BCUT2D eigenvalue weighted by molar-refractivity contribution is -0.350. The molecule has 2 N–H and O–H groups in total. The van der Waals surface area contributed by atoms with Gasteiger partial charge in [-0.2, -0.15) is 0 Å². The normalized spacial score (nSPS) is 33.1. The summed E-state index contributed by atoms with van der Waals surface area (Å²) in [5.74, 6) is 1.18. The number of hydrogen-bond acceptors (Lipinski definition) is 7. The number of benzene rings is 2. The minimum Gasteiger partial charge on any atom is -0.497 e. The Bertz CT molecular complexity index is 734. The first-order valence-corrected chi connectivity index (χ1v) is 8.80. The molecule has 0 bridgehead atoms. The molecule has 4 rings (SSSR count). The molecule has 0 aliphatic carbocycles. The maximum atomic E-state index is 10.6. The maximum Gasteiger partial charge on any atom is 0.229 e. The van der Waals surface area contributed by atoms with Crippen LogP contribution in [0.1, 0.15) is 11.9 Å². The van der Waals surface area contributed by atoms with Gasteiger partial charge >= 0.3 is 0 Å². The lowest BCUT2D eigenvalue weighted by atomic mass is 9.98. The van der Waals surface area contributed by atoms with Gasteiger partial charge in [0.1, 0.15) is 35.9 Å². The van der Waals surface area contributed by atoms with Crippen LogP contribution >= 0.6 is 0 Å². The van der Waals surface area contributed by atoms with Crippen LogP contribution in [0.25, 0.3) is 0 Å². The fourth-order valence-electron chi connectivity index (χ4n) is 3.24. The zero-order valence-corrected chi connectivity index (χ0v) is 14.8. The van der Waals surface area contributed by atoms with E-state index >= 15 is 0 Å². The van der Waals surface area contributed by atoms with Crippen LogP contribution < -0.4 is 9.47 Å². The predicted octanol–water partition coefficient (Wildman–Crippen LogP) is 1.63. The average molecular weight is 374 g/mol. The van der Waals surface area contributed by atoms with E-state index in [2.05, 4.69) is 0 Å². The number of aliphatic hydroxyl groups excluding tert-OH is 2. The standard InChI is InChI=1S/C20H22O7/c1-23-13-7-9-14(10-8-13)25-20-17(22)16(21)18-15(26-20)11-24-19(27-18)12-5-3-2-4-6-12/h2-10,15-22H,11H2,1H3/t15?,16?,17?,18-,19?,20+/m0/s1. The van der Waals surface area contributed by atoms with E-state index in [0.717, 1.165) is 5.56 Å². The van der Waals surface area contributed by atoms with E-state index < -0.39 is 37.0 Å². The Morgan fingerprint density at radius 3 is 2.30 bits per heavy atom. The highest BCUT2D eigenvalue weighted by Gasteiger charge is 2.49. The minimum atomic E-state index is -1.26. The molecule has 7 heteroatoms. The van der Waals surface area contributed by atoms with Crippen LogP contribution in [0.5, 0.6) is 11.5 Å². The third kappa shape index (κ3) is 3.78. The van der Waals surface area contributed by atoms with Crippen LogP contribution in [-0.4, -0.2) is 54.6 Å². The topological polar surface area (TPSA) is 86.6 Å². The second-order valence-corrected chi connectivity index (χ2v) is 6.49. The van der Waals surface area contributed by atoms with Gasteiger partial charge in [-0.3, -0.25) is 0 Å². The third-order valence-corrected chi connectivity index (χ3v) is 4.72. The molecular weight excluding hydrogens is 352 g/mol. The largest absolute Gasteiger partial charge is 0.497 e. The highest BCUT2D eigenvalue weighted by molar-refractivity contribution is 5.31. The SMILES string of the molecule is COc1ccc(O[C@@H]2OC3COC(c4ccccc4)O[C@@H]3C(O)C2O)cc1. The van der Waals surface area contributed by atoms with Gasteiger partial charge in [-0.05, 0) is 24.3 Å². The van der Waals surface area contributed by atoms with Crippen molar-refractivity contribution in [1.29, 1.82) is 0 Å². The highest BCUT2D eigenvalue weighted by Crippen LogP contribution is 2.34. The number of hydrogen-bond donors (Lipinski definition) is 2. The van der Waals surface area contributed by atoms with Gasteiger partial charge in [-0.15, -0.1) is 0 Å². The van der Waals surface area contributed by atoms with Crippen LogP contribution in [0.4, 0.5) is 0 Å². The Labute approximate surface area is 157 Å². The number of ether oxygens (including phenoxy) is 5. The molecule has 2 aliphatic heterocycles. The lowest BCUT2D eigenvalue weighted by Gasteiger charge is -2.46. The van der Waals surface area contributed by atoms with Gasteiger partial charge in [0.05, 0.1) is 13.7 Å². The lowest BCUT2D eigenvalue weighted by Crippen LogP contribution is -2.62. The monoisotopic (exact) mass is 374 g/mol. The quantitative estimate of drug-likeness (QED) is 0.841. The first kappa shape index (κ1) is 18.2. The summed E-state index contributed by atoms with van der Waals surface area (Å²) in [6.07, 6.45) is -5.33. The summed E-state index contributed by atoms with van der Waals surface area (Å²) in [6, 6.07) is 16.3. The molecule has 0 amide bonds. The van der Waals surface area contributed by atoms with Gasteiger partial charge < -0.3 is 33.9 Å². The maximum absolute atomic E-state index is 10.6. The van der Waals surface area contributed by atoms with Gasteiger partial charge in [0.2, 0.25) is 6.29 Å². The number of methoxy groups -OCH3 is 1. The summed E-state index contributed by atoms with van der Waals surface area (Å²) in [4.78, 5) is 0. The van der Waals surface area contributed by atoms with Gasteiger partial charge in [0.25, 0.3) is 0 Å². The molecule has 2 aromatic carbocycles. The molecule has 2 fully saturated rings. The van der Waals surface area contributed by atoms with Crippen LogP contribution in [0.3, 0.4) is 0 Å². The van der Waals surface area contributed by atoms with Gasteiger partial charge in [-0.25, -0.2) is 0 Å². The first-order chi connectivity index (χ1) is 13.2. The van der Waals surface area contributed by atoms with Crippen molar-refractivity contribution in [2.75, 3.05) is 13.7 Å². The van der Waals surface area contributed by atoms with Gasteiger partial charge in [-0.1, -0.05) is 30.3 Å². The molecule has 2 heterocycles. The summed E-state index contributed by atoms with van der Waals surface area (Å²) in [6.45, 7) is 0.219. The summed E-state index contributed by atoms with van der Waals surface area (Å²) in [7, 11) is 1.58. The van der Waals surface area contributed by atoms with Crippen molar-refractivity contribution in [2.24, 2.45) is 0 Å². The van der Waals surface area contributed by atoms with Crippen molar-refractivity contribution >= 4 is 0 Å². The Morgan fingerprint density at radius 1 is 0.889 bits per heavy atom. The summed E-state index contributed by atoms with van der Waals surface area (Å²) < 4.78 is 28.2. The van der Waals surface area contributed by atoms with E-state index in [1.165, 1.54) is 0 Å². The Kier molecular flexibility index (Phi) is 5.29. The van der Waals surface area contributed by atoms with E-state index in [1.54, 1.807) is 31.4 Å². The molecule has 7 nitrogen and oxygen atoms in total.